The van der Waals surface area contributed by atoms with Crippen LogP contribution in [-0.2, 0) is 13.0 Å². The van der Waals surface area contributed by atoms with Crippen LogP contribution in [0.5, 0.6) is 0 Å². The molecule has 0 aliphatic carbocycles. The minimum atomic E-state index is -0.904. The first-order chi connectivity index (χ1) is 9.17. The van der Waals surface area contributed by atoms with Gasteiger partial charge in [-0.25, -0.2) is 4.79 Å². The molecule has 0 fully saturated rings. The normalized spacial score (nSPS) is 11.1. The van der Waals surface area contributed by atoms with Crippen molar-refractivity contribution in [3.63, 3.8) is 0 Å². The quantitative estimate of drug-likeness (QED) is 0.840. The van der Waals surface area contributed by atoms with Gasteiger partial charge >= 0.3 is 5.97 Å². The van der Waals surface area contributed by atoms with Crippen molar-refractivity contribution >= 4 is 16.9 Å². The third-order valence-corrected chi connectivity index (χ3v) is 3.28. The van der Waals surface area contributed by atoms with E-state index in [1.807, 2.05) is 6.07 Å². The van der Waals surface area contributed by atoms with Crippen molar-refractivity contribution in [2.24, 2.45) is 0 Å². The number of carboxylic acid groups (broad SMARTS) is 1. The molecule has 19 heavy (non-hydrogen) atoms. The summed E-state index contributed by atoms with van der Waals surface area (Å²) in [5, 5.41) is 19.0. The van der Waals surface area contributed by atoms with Gasteiger partial charge in [-0.3, -0.25) is 0 Å². The number of aromatic carboxylic acids is 1. The van der Waals surface area contributed by atoms with E-state index in [0.717, 1.165) is 35.9 Å². The third kappa shape index (κ3) is 2.79. The molecule has 1 aromatic carbocycles. The van der Waals surface area contributed by atoms with Gasteiger partial charge in [-0.1, -0.05) is 6.92 Å². The highest BCUT2D eigenvalue weighted by Gasteiger charge is 2.11. The first kappa shape index (κ1) is 13.6. The Morgan fingerprint density at radius 1 is 1.37 bits per heavy atom. The number of nitrogens with zero attached hydrogens (tertiary/aromatic N) is 1. The third-order valence-electron chi connectivity index (χ3n) is 3.28. The van der Waals surface area contributed by atoms with Gasteiger partial charge in [0.25, 0.3) is 0 Å². The summed E-state index contributed by atoms with van der Waals surface area (Å²) in [6.45, 7) is 3.19. The van der Waals surface area contributed by atoms with Gasteiger partial charge in [0.15, 0.2) is 0 Å². The number of carbonyl (C=O) groups is 1. The lowest BCUT2D eigenvalue weighted by Crippen LogP contribution is -1.97. The zero-order valence-electron chi connectivity index (χ0n) is 11.1. The number of rotatable bonds is 6. The fourth-order valence-corrected chi connectivity index (χ4v) is 2.40. The highest BCUT2D eigenvalue weighted by molar-refractivity contribution is 5.95. The standard InChI is InChI=1S/C15H19NO3/c1-2-7-16-10-12(4-3-8-17)13-9-11(15(18)19)5-6-14(13)16/h5-6,9-10,17H,2-4,7-8H2,1H3,(H,18,19). The molecule has 0 aliphatic heterocycles. The molecule has 2 N–H and O–H groups in total. The zero-order valence-corrected chi connectivity index (χ0v) is 11.1. The summed E-state index contributed by atoms with van der Waals surface area (Å²) < 4.78 is 2.16. The van der Waals surface area contributed by atoms with Crippen LogP contribution in [0.2, 0.25) is 0 Å². The number of hydrogen-bond acceptors (Lipinski definition) is 2. The van der Waals surface area contributed by atoms with Crippen molar-refractivity contribution in [2.75, 3.05) is 6.61 Å². The average molecular weight is 261 g/mol. The number of aromatic nitrogens is 1. The van der Waals surface area contributed by atoms with Gasteiger partial charge in [0.05, 0.1) is 5.56 Å². The van der Waals surface area contributed by atoms with Crippen LogP contribution in [-0.4, -0.2) is 27.4 Å². The average Bonchev–Trinajstić information content (AvgIpc) is 2.74. The summed E-state index contributed by atoms with van der Waals surface area (Å²) in [6, 6.07) is 5.25. The molecular weight excluding hydrogens is 242 g/mol. The number of carboxylic acids is 1. The first-order valence-corrected chi connectivity index (χ1v) is 6.63. The minimum Gasteiger partial charge on any atom is -0.478 e. The SMILES string of the molecule is CCCn1cc(CCCO)c2cc(C(=O)O)ccc21. The zero-order chi connectivity index (χ0) is 13.8. The Kier molecular flexibility index (Phi) is 4.22. The Bertz CT molecular complexity index is 586. The molecule has 2 aromatic rings. The molecule has 0 radical (unpaired) electrons. The monoisotopic (exact) mass is 261 g/mol. The molecule has 1 heterocycles. The Balaban J connectivity index is 2.51. The summed E-state index contributed by atoms with van der Waals surface area (Å²) in [7, 11) is 0. The molecule has 0 unspecified atom stereocenters. The molecule has 102 valence electrons. The van der Waals surface area contributed by atoms with E-state index in [-0.39, 0.29) is 6.61 Å². The largest absolute Gasteiger partial charge is 0.478 e. The predicted molar refractivity (Wildman–Crippen MR) is 74.6 cm³/mol. The van der Waals surface area contributed by atoms with Crippen LogP contribution in [0.25, 0.3) is 10.9 Å². The number of hydrogen-bond donors (Lipinski definition) is 2. The molecule has 0 saturated heterocycles. The summed E-state index contributed by atoms with van der Waals surface area (Å²) in [5.74, 6) is -0.904. The molecule has 0 atom stereocenters. The van der Waals surface area contributed by atoms with Crippen LogP contribution in [0.4, 0.5) is 0 Å². The maximum Gasteiger partial charge on any atom is 0.335 e. The second kappa shape index (κ2) is 5.89. The van der Waals surface area contributed by atoms with E-state index >= 15 is 0 Å². The number of benzene rings is 1. The van der Waals surface area contributed by atoms with Crippen molar-refractivity contribution in [2.45, 2.75) is 32.7 Å². The summed E-state index contributed by atoms with van der Waals surface area (Å²) in [4.78, 5) is 11.1. The van der Waals surface area contributed by atoms with E-state index in [0.29, 0.717) is 12.0 Å². The Morgan fingerprint density at radius 3 is 2.79 bits per heavy atom. The second-order valence-electron chi connectivity index (χ2n) is 4.71. The Labute approximate surface area is 112 Å². The minimum absolute atomic E-state index is 0.152. The summed E-state index contributed by atoms with van der Waals surface area (Å²) in [6.07, 6.45) is 4.58. The molecule has 2 rings (SSSR count). The lowest BCUT2D eigenvalue weighted by molar-refractivity contribution is 0.0697. The van der Waals surface area contributed by atoms with E-state index in [9.17, 15) is 4.79 Å². The maximum absolute atomic E-state index is 11.1. The van der Waals surface area contributed by atoms with E-state index < -0.39 is 5.97 Å². The highest BCUT2D eigenvalue weighted by Crippen LogP contribution is 2.24. The molecule has 0 amide bonds. The molecule has 0 saturated carbocycles. The van der Waals surface area contributed by atoms with Gasteiger partial charge in [-0.15, -0.1) is 0 Å². The number of fused-ring (bicyclic) bond motifs is 1. The summed E-state index contributed by atoms with van der Waals surface area (Å²) >= 11 is 0. The van der Waals surface area contributed by atoms with Crippen LogP contribution < -0.4 is 0 Å². The van der Waals surface area contributed by atoms with E-state index in [1.165, 1.54) is 0 Å². The number of aliphatic hydroxyl groups is 1. The smallest absolute Gasteiger partial charge is 0.335 e. The van der Waals surface area contributed by atoms with Gasteiger partial charge in [0, 0.05) is 30.3 Å². The molecule has 1 aromatic heterocycles. The number of aryl methyl sites for hydroxylation is 2. The van der Waals surface area contributed by atoms with Gasteiger partial charge in [-0.05, 0) is 43.0 Å². The van der Waals surface area contributed by atoms with Crippen molar-refractivity contribution in [3.05, 3.63) is 35.5 Å². The van der Waals surface area contributed by atoms with Gasteiger partial charge in [0.2, 0.25) is 0 Å². The van der Waals surface area contributed by atoms with Crippen LogP contribution in [0.3, 0.4) is 0 Å². The summed E-state index contributed by atoms with van der Waals surface area (Å²) in [5.41, 5.74) is 2.49. The Hall–Kier alpha value is -1.81. The van der Waals surface area contributed by atoms with E-state index in [4.69, 9.17) is 10.2 Å². The molecule has 0 spiro atoms. The van der Waals surface area contributed by atoms with Gasteiger partial charge < -0.3 is 14.8 Å². The van der Waals surface area contributed by atoms with Crippen LogP contribution in [0.15, 0.2) is 24.4 Å². The molecule has 0 aliphatic rings. The van der Waals surface area contributed by atoms with Crippen molar-refractivity contribution in [1.29, 1.82) is 0 Å². The fraction of sp³-hybridized carbons (Fsp3) is 0.400. The molecular formula is C15H19NO3. The topological polar surface area (TPSA) is 62.5 Å². The highest BCUT2D eigenvalue weighted by atomic mass is 16.4. The van der Waals surface area contributed by atoms with Gasteiger partial charge in [-0.2, -0.15) is 0 Å². The lowest BCUT2D eigenvalue weighted by Gasteiger charge is -2.02. The first-order valence-electron chi connectivity index (χ1n) is 6.63. The van der Waals surface area contributed by atoms with E-state index in [1.54, 1.807) is 12.1 Å². The van der Waals surface area contributed by atoms with E-state index in [2.05, 4.69) is 17.7 Å². The molecule has 4 nitrogen and oxygen atoms in total. The maximum atomic E-state index is 11.1. The van der Waals surface area contributed by atoms with Crippen molar-refractivity contribution in [1.82, 2.24) is 4.57 Å². The Morgan fingerprint density at radius 2 is 2.16 bits per heavy atom. The second-order valence-corrected chi connectivity index (χ2v) is 4.71. The predicted octanol–water partition coefficient (Wildman–Crippen LogP) is 2.67. The van der Waals surface area contributed by atoms with Crippen LogP contribution in [0.1, 0.15) is 35.7 Å². The molecule has 4 heteroatoms. The van der Waals surface area contributed by atoms with Crippen LogP contribution >= 0.6 is 0 Å². The van der Waals surface area contributed by atoms with Gasteiger partial charge in [0.1, 0.15) is 0 Å². The van der Waals surface area contributed by atoms with Crippen molar-refractivity contribution < 1.29 is 15.0 Å². The lowest BCUT2D eigenvalue weighted by atomic mass is 10.1. The van der Waals surface area contributed by atoms with Crippen molar-refractivity contribution in [3.8, 4) is 0 Å². The number of aliphatic hydroxyl groups excluding tert-OH is 1. The molecule has 0 bridgehead atoms. The fourth-order valence-electron chi connectivity index (χ4n) is 2.40. The van der Waals surface area contributed by atoms with Crippen LogP contribution in [0, 0.1) is 0 Å².